The molecule has 0 N–H and O–H groups in total. The first-order valence-corrected chi connectivity index (χ1v) is 7.09. The highest BCUT2D eigenvalue weighted by atomic mass is 16.7. The van der Waals surface area contributed by atoms with Gasteiger partial charge in [-0.15, -0.1) is 0 Å². The van der Waals surface area contributed by atoms with Gasteiger partial charge in [-0.1, -0.05) is 0 Å². The molecule has 0 bridgehead atoms. The third-order valence-electron chi connectivity index (χ3n) is 3.51. The first-order valence-electron chi connectivity index (χ1n) is 7.09. The molecule has 2 heterocycles. The molecule has 2 aliphatic heterocycles. The van der Waals surface area contributed by atoms with Crippen LogP contribution in [0.3, 0.4) is 0 Å². The van der Waals surface area contributed by atoms with Crippen LogP contribution in [-0.2, 0) is 18.9 Å². The normalized spacial score (nSPS) is 41.9. The van der Waals surface area contributed by atoms with Gasteiger partial charge in [0.1, 0.15) is 27.9 Å². The molecule has 110 valence electrons. The fraction of sp³-hybridized carbons (Fsp3) is 1.00. The van der Waals surface area contributed by atoms with Crippen LogP contribution in [0.15, 0.2) is 0 Å². The highest BCUT2D eigenvalue weighted by Crippen LogP contribution is 2.46. The Balaban J connectivity index is 2.19. The summed E-state index contributed by atoms with van der Waals surface area (Å²) >= 11 is 0. The smallest absolute Gasteiger partial charge is 0.120 e. The van der Waals surface area contributed by atoms with Crippen LogP contribution in [0.25, 0.3) is 0 Å². The Bertz CT molecular complexity index is 340. The second kappa shape index (κ2) is 4.73. The zero-order valence-corrected chi connectivity index (χ0v) is 13.4. The predicted molar refractivity (Wildman–Crippen MR) is 78.1 cm³/mol. The molecule has 4 radical (unpaired) electrons. The number of hydrogen-bond acceptors (Lipinski definition) is 4. The minimum absolute atomic E-state index is 0.300. The molecule has 0 unspecified atom stereocenters. The zero-order valence-electron chi connectivity index (χ0n) is 13.4. The molecule has 0 aliphatic carbocycles. The summed E-state index contributed by atoms with van der Waals surface area (Å²) in [7, 11) is 12.8. The Morgan fingerprint density at radius 3 is 1.35 bits per heavy atom. The van der Waals surface area contributed by atoms with Crippen LogP contribution in [0.4, 0.5) is 0 Å². The van der Waals surface area contributed by atoms with Crippen molar-refractivity contribution in [1.82, 2.24) is 0 Å². The van der Waals surface area contributed by atoms with Gasteiger partial charge in [0.2, 0.25) is 0 Å². The van der Waals surface area contributed by atoms with Crippen LogP contribution < -0.4 is 0 Å². The van der Waals surface area contributed by atoms with Gasteiger partial charge < -0.3 is 18.9 Å². The van der Waals surface area contributed by atoms with Gasteiger partial charge in [0.15, 0.2) is 0 Å². The Morgan fingerprint density at radius 1 is 0.800 bits per heavy atom. The average Bonchev–Trinajstić information content (AvgIpc) is 2.60. The van der Waals surface area contributed by atoms with Gasteiger partial charge in [-0.3, -0.25) is 0 Å². The van der Waals surface area contributed by atoms with Crippen LogP contribution >= 0.6 is 0 Å². The Morgan fingerprint density at radius 2 is 1.10 bits per heavy atom. The lowest BCUT2D eigenvalue weighted by Gasteiger charge is -2.41. The molecule has 2 aliphatic rings. The summed E-state index contributed by atoms with van der Waals surface area (Å²) in [5.41, 5.74) is -3.07. The molecule has 0 amide bonds. The molecule has 4 atom stereocenters. The molecule has 0 aromatic rings. The van der Waals surface area contributed by atoms with Crippen molar-refractivity contribution in [2.45, 2.75) is 76.0 Å². The topological polar surface area (TPSA) is 36.9 Å². The Labute approximate surface area is 124 Å². The third-order valence-corrected chi connectivity index (χ3v) is 3.51. The molecule has 4 nitrogen and oxygen atoms in total. The van der Waals surface area contributed by atoms with Crippen molar-refractivity contribution >= 4 is 15.7 Å². The molecule has 0 aromatic carbocycles. The SMILES string of the molecule is [B][C@]12OC[C@H](OC(C)(C)C)[C@@]1([B])OC[C@@H]2OC(C)(C)C. The number of rotatable bonds is 2. The lowest BCUT2D eigenvalue weighted by atomic mass is 9.57. The van der Waals surface area contributed by atoms with E-state index in [1.54, 1.807) is 0 Å². The van der Waals surface area contributed by atoms with E-state index < -0.39 is 23.2 Å². The van der Waals surface area contributed by atoms with Crippen molar-refractivity contribution in [3.8, 4) is 0 Å². The molecule has 6 heteroatoms. The molecule has 2 saturated heterocycles. The van der Waals surface area contributed by atoms with Crippen molar-refractivity contribution in [1.29, 1.82) is 0 Å². The van der Waals surface area contributed by atoms with Gasteiger partial charge in [-0.25, -0.2) is 0 Å². The van der Waals surface area contributed by atoms with Crippen LogP contribution in [-0.4, -0.2) is 63.3 Å². The van der Waals surface area contributed by atoms with Gasteiger partial charge >= 0.3 is 0 Å². The summed E-state index contributed by atoms with van der Waals surface area (Å²) < 4.78 is 23.4. The number of hydrogen-bond donors (Lipinski definition) is 0. The van der Waals surface area contributed by atoms with E-state index in [0.717, 1.165) is 0 Å². The second-order valence-electron chi connectivity index (χ2n) is 7.65. The van der Waals surface area contributed by atoms with Crippen LogP contribution in [0.2, 0.25) is 0 Å². The Kier molecular flexibility index (Phi) is 3.87. The van der Waals surface area contributed by atoms with Gasteiger partial charge in [-0.05, 0) is 41.5 Å². The number of fused-ring (bicyclic) bond motifs is 1. The molecule has 0 saturated carbocycles. The van der Waals surface area contributed by atoms with E-state index in [9.17, 15) is 0 Å². The summed E-state index contributed by atoms with van der Waals surface area (Å²) in [6, 6.07) is 0. The lowest BCUT2D eigenvalue weighted by molar-refractivity contribution is -0.125. The van der Waals surface area contributed by atoms with Crippen LogP contribution in [0.5, 0.6) is 0 Å². The first-order chi connectivity index (χ1) is 8.87. The highest BCUT2D eigenvalue weighted by molar-refractivity contribution is 6.27. The van der Waals surface area contributed by atoms with E-state index in [-0.39, 0.29) is 11.2 Å². The molecule has 0 aromatic heterocycles. The van der Waals surface area contributed by atoms with E-state index in [2.05, 4.69) is 0 Å². The average molecular weight is 278 g/mol. The minimum Gasteiger partial charge on any atom is -0.377 e. The van der Waals surface area contributed by atoms with E-state index in [4.69, 9.17) is 34.6 Å². The molecular formula is C14H24B2O4. The second-order valence-corrected chi connectivity index (χ2v) is 7.65. The highest BCUT2D eigenvalue weighted by Gasteiger charge is 2.65. The molecule has 20 heavy (non-hydrogen) atoms. The Hall–Kier alpha value is -0.0301. The summed E-state index contributed by atoms with van der Waals surface area (Å²) in [4.78, 5) is 0. The van der Waals surface area contributed by atoms with Gasteiger partial charge in [0, 0.05) is 0 Å². The van der Waals surface area contributed by atoms with E-state index in [1.165, 1.54) is 0 Å². The monoisotopic (exact) mass is 278 g/mol. The van der Waals surface area contributed by atoms with Gasteiger partial charge in [0.25, 0.3) is 0 Å². The molecular weight excluding hydrogens is 254 g/mol. The largest absolute Gasteiger partial charge is 0.377 e. The van der Waals surface area contributed by atoms with E-state index >= 15 is 0 Å². The van der Waals surface area contributed by atoms with Crippen molar-refractivity contribution in [2.75, 3.05) is 13.2 Å². The summed E-state index contributed by atoms with van der Waals surface area (Å²) in [5, 5.41) is 0. The van der Waals surface area contributed by atoms with Crippen molar-refractivity contribution in [2.24, 2.45) is 0 Å². The van der Waals surface area contributed by atoms with Crippen molar-refractivity contribution in [3.63, 3.8) is 0 Å². The fourth-order valence-electron chi connectivity index (χ4n) is 2.69. The van der Waals surface area contributed by atoms with Gasteiger partial charge in [0.05, 0.1) is 35.4 Å². The lowest BCUT2D eigenvalue weighted by Crippen LogP contribution is -2.61. The van der Waals surface area contributed by atoms with Crippen LogP contribution in [0.1, 0.15) is 41.5 Å². The standard InChI is InChI=1S/C14H24B2O4/c1-11(2,3)19-9-7-17-14(16)10(20-12(4,5)6)8-18-13(9,14)15/h9-10H,7-8H2,1-6H3/t9-,10-,13+,14+/m0/s1. The first kappa shape index (κ1) is 16.3. The molecule has 2 fully saturated rings. The number of ether oxygens (including phenoxy) is 4. The maximum atomic E-state index is 6.38. The quantitative estimate of drug-likeness (QED) is 0.710. The van der Waals surface area contributed by atoms with Crippen LogP contribution in [0, 0.1) is 0 Å². The van der Waals surface area contributed by atoms with Crippen molar-refractivity contribution < 1.29 is 18.9 Å². The maximum absolute atomic E-state index is 6.38. The van der Waals surface area contributed by atoms with E-state index in [0.29, 0.717) is 13.2 Å². The third kappa shape index (κ3) is 2.80. The molecule has 0 spiro atoms. The summed E-state index contributed by atoms with van der Waals surface area (Å²) in [6.07, 6.45) is -0.831. The minimum atomic E-state index is -1.18. The fourth-order valence-corrected chi connectivity index (χ4v) is 2.69. The van der Waals surface area contributed by atoms with Gasteiger partial charge in [-0.2, -0.15) is 0 Å². The maximum Gasteiger partial charge on any atom is 0.120 e. The summed E-state index contributed by atoms with van der Waals surface area (Å²) in [5.74, 6) is 0. The zero-order chi connectivity index (χ0) is 15.4. The van der Waals surface area contributed by atoms with Crippen molar-refractivity contribution in [3.05, 3.63) is 0 Å². The van der Waals surface area contributed by atoms with E-state index in [1.807, 2.05) is 41.5 Å². The predicted octanol–water partition coefficient (Wildman–Crippen LogP) is 1.14. The molecule has 2 rings (SSSR count). The summed E-state index contributed by atoms with van der Waals surface area (Å²) in [6.45, 7) is 12.4.